The molecule has 0 radical (unpaired) electrons. The molecule has 0 aliphatic carbocycles. The van der Waals surface area contributed by atoms with Crippen molar-refractivity contribution in [3.63, 3.8) is 0 Å². The van der Waals surface area contributed by atoms with Crippen molar-refractivity contribution in [3.8, 4) is 0 Å². The van der Waals surface area contributed by atoms with E-state index in [2.05, 4.69) is 10.2 Å². The lowest BCUT2D eigenvalue weighted by atomic mass is 10.0. The molecule has 2 atom stereocenters. The molecule has 2 fully saturated rings. The van der Waals surface area contributed by atoms with Gasteiger partial charge in [0.25, 0.3) is 0 Å². The Labute approximate surface area is 109 Å². The van der Waals surface area contributed by atoms with Gasteiger partial charge in [0.05, 0.1) is 17.5 Å². The van der Waals surface area contributed by atoms with Crippen LogP contribution in [0.5, 0.6) is 0 Å². The van der Waals surface area contributed by atoms with E-state index in [1.165, 1.54) is 6.42 Å². The van der Waals surface area contributed by atoms with E-state index in [-0.39, 0.29) is 29.5 Å². The molecule has 104 valence electrons. The number of rotatable bonds is 3. The molecule has 5 nitrogen and oxygen atoms in total. The van der Waals surface area contributed by atoms with Crippen molar-refractivity contribution < 1.29 is 13.2 Å². The molecule has 2 aliphatic heterocycles. The molecule has 0 aromatic rings. The molecule has 2 rings (SSSR count). The van der Waals surface area contributed by atoms with Gasteiger partial charge in [0.1, 0.15) is 0 Å². The second-order valence-electron chi connectivity index (χ2n) is 5.27. The zero-order valence-corrected chi connectivity index (χ0v) is 11.7. The SMILES string of the molecule is CCC(=O)N[C@@H]1CS(=O)(=O)C[C@@H]1N1CCCCC1. The van der Waals surface area contributed by atoms with E-state index in [1.54, 1.807) is 6.92 Å². The summed E-state index contributed by atoms with van der Waals surface area (Å²) in [4.78, 5) is 13.7. The molecular weight excluding hydrogens is 252 g/mol. The highest BCUT2D eigenvalue weighted by Crippen LogP contribution is 2.22. The summed E-state index contributed by atoms with van der Waals surface area (Å²) >= 11 is 0. The Hall–Kier alpha value is -0.620. The fourth-order valence-electron chi connectivity index (χ4n) is 2.89. The van der Waals surface area contributed by atoms with Gasteiger partial charge in [0.2, 0.25) is 5.91 Å². The van der Waals surface area contributed by atoms with Gasteiger partial charge in [0.15, 0.2) is 9.84 Å². The number of likely N-dealkylation sites (tertiary alicyclic amines) is 1. The van der Waals surface area contributed by atoms with Crippen molar-refractivity contribution in [2.24, 2.45) is 0 Å². The van der Waals surface area contributed by atoms with Crippen molar-refractivity contribution in [1.82, 2.24) is 10.2 Å². The standard InChI is InChI=1S/C12H22N2O3S/c1-2-12(15)13-10-8-18(16,17)9-11(10)14-6-4-3-5-7-14/h10-11H,2-9H2,1H3,(H,13,15)/t10-,11+/m1/s1. The van der Waals surface area contributed by atoms with Crippen molar-refractivity contribution >= 4 is 15.7 Å². The molecule has 1 N–H and O–H groups in total. The number of sulfone groups is 1. The average molecular weight is 274 g/mol. The lowest BCUT2D eigenvalue weighted by Gasteiger charge is -2.34. The topological polar surface area (TPSA) is 66.5 Å². The first kappa shape index (κ1) is 13.8. The van der Waals surface area contributed by atoms with Crippen LogP contribution in [0.4, 0.5) is 0 Å². The average Bonchev–Trinajstić information content (AvgIpc) is 2.65. The minimum absolute atomic E-state index is 0.0224. The summed E-state index contributed by atoms with van der Waals surface area (Å²) in [6.07, 6.45) is 3.89. The third-order valence-corrected chi connectivity index (χ3v) is 5.57. The highest BCUT2D eigenvalue weighted by atomic mass is 32.2. The number of carbonyl (C=O) groups is 1. The lowest BCUT2D eigenvalue weighted by Crippen LogP contribution is -2.52. The molecule has 0 bridgehead atoms. The predicted molar refractivity (Wildman–Crippen MR) is 70.1 cm³/mol. The van der Waals surface area contributed by atoms with E-state index in [4.69, 9.17) is 0 Å². The summed E-state index contributed by atoms with van der Waals surface area (Å²) in [5.41, 5.74) is 0. The molecule has 0 unspecified atom stereocenters. The van der Waals surface area contributed by atoms with Gasteiger partial charge in [0, 0.05) is 12.5 Å². The Kier molecular flexibility index (Phi) is 4.27. The molecule has 0 aromatic heterocycles. The Morgan fingerprint density at radius 3 is 2.50 bits per heavy atom. The Balaban J connectivity index is 2.07. The van der Waals surface area contributed by atoms with Crippen LogP contribution in [0.25, 0.3) is 0 Å². The van der Waals surface area contributed by atoms with Gasteiger partial charge in [-0.05, 0) is 25.9 Å². The van der Waals surface area contributed by atoms with Crippen molar-refractivity contribution in [1.29, 1.82) is 0 Å². The van der Waals surface area contributed by atoms with Crippen LogP contribution in [0.15, 0.2) is 0 Å². The largest absolute Gasteiger partial charge is 0.351 e. The molecule has 2 saturated heterocycles. The molecule has 2 aliphatic rings. The molecule has 1 amide bonds. The van der Waals surface area contributed by atoms with Crippen LogP contribution in [0.1, 0.15) is 32.6 Å². The third kappa shape index (κ3) is 3.23. The quantitative estimate of drug-likeness (QED) is 0.796. The number of hydrogen-bond donors (Lipinski definition) is 1. The van der Waals surface area contributed by atoms with Crippen LogP contribution >= 0.6 is 0 Å². The van der Waals surface area contributed by atoms with E-state index < -0.39 is 9.84 Å². The molecular formula is C12H22N2O3S. The molecule has 18 heavy (non-hydrogen) atoms. The molecule has 0 saturated carbocycles. The minimum Gasteiger partial charge on any atom is -0.351 e. The van der Waals surface area contributed by atoms with Gasteiger partial charge < -0.3 is 5.32 Å². The maximum atomic E-state index is 11.8. The number of amides is 1. The Bertz CT molecular complexity index is 402. The molecule has 2 heterocycles. The number of nitrogens with one attached hydrogen (secondary N) is 1. The fraction of sp³-hybridized carbons (Fsp3) is 0.917. The maximum Gasteiger partial charge on any atom is 0.220 e. The molecule has 6 heteroatoms. The first-order valence-corrected chi connectivity index (χ1v) is 8.58. The van der Waals surface area contributed by atoms with Crippen LogP contribution < -0.4 is 5.32 Å². The first-order valence-electron chi connectivity index (χ1n) is 6.75. The number of carbonyl (C=O) groups excluding carboxylic acids is 1. The van der Waals surface area contributed by atoms with Crippen molar-refractivity contribution in [2.45, 2.75) is 44.7 Å². The van der Waals surface area contributed by atoms with Crippen molar-refractivity contribution in [3.05, 3.63) is 0 Å². The van der Waals surface area contributed by atoms with Gasteiger partial charge in [-0.3, -0.25) is 9.69 Å². The summed E-state index contributed by atoms with van der Waals surface area (Å²) in [6, 6.07) is -0.244. The van der Waals surface area contributed by atoms with E-state index >= 15 is 0 Å². The summed E-state index contributed by atoms with van der Waals surface area (Å²) < 4.78 is 23.6. The summed E-state index contributed by atoms with van der Waals surface area (Å²) in [7, 11) is -3.00. The van der Waals surface area contributed by atoms with Gasteiger partial charge in [-0.1, -0.05) is 13.3 Å². The van der Waals surface area contributed by atoms with Crippen LogP contribution in [-0.2, 0) is 14.6 Å². The van der Waals surface area contributed by atoms with Crippen LogP contribution in [0.2, 0.25) is 0 Å². The number of hydrogen-bond acceptors (Lipinski definition) is 4. The predicted octanol–water partition coefficient (Wildman–Crippen LogP) is 0.164. The molecule has 0 aromatic carbocycles. The second-order valence-corrected chi connectivity index (χ2v) is 7.42. The highest BCUT2D eigenvalue weighted by molar-refractivity contribution is 7.91. The second kappa shape index (κ2) is 5.57. The van der Waals surface area contributed by atoms with Gasteiger partial charge in [-0.25, -0.2) is 8.42 Å². The zero-order valence-electron chi connectivity index (χ0n) is 10.9. The van der Waals surface area contributed by atoms with Gasteiger partial charge >= 0.3 is 0 Å². The lowest BCUT2D eigenvalue weighted by molar-refractivity contribution is -0.121. The molecule has 0 spiro atoms. The van der Waals surface area contributed by atoms with Crippen LogP contribution in [-0.4, -0.2) is 55.9 Å². The van der Waals surface area contributed by atoms with E-state index in [1.807, 2.05) is 0 Å². The van der Waals surface area contributed by atoms with Crippen LogP contribution in [0, 0.1) is 0 Å². The van der Waals surface area contributed by atoms with E-state index in [0.717, 1.165) is 25.9 Å². The van der Waals surface area contributed by atoms with Gasteiger partial charge in [-0.15, -0.1) is 0 Å². The normalized spacial score (nSPS) is 32.3. The third-order valence-electron chi connectivity index (χ3n) is 3.85. The minimum atomic E-state index is -3.00. The fourth-order valence-corrected chi connectivity index (χ4v) is 4.84. The summed E-state index contributed by atoms with van der Waals surface area (Å²) in [5.74, 6) is 0.237. The summed E-state index contributed by atoms with van der Waals surface area (Å²) in [6.45, 7) is 3.70. The number of piperidine rings is 1. The first-order chi connectivity index (χ1) is 8.52. The monoisotopic (exact) mass is 274 g/mol. The van der Waals surface area contributed by atoms with E-state index in [0.29, 0.717) is 6.42 Å². The summed E-state index contributed by atoms with van der Waals surface area (Å²) in [5, 5.41) is 2.87. The Morgan fingerprint density at radius 1 is 1.22 bits per heavy atom. The number of nitrogens with zero attached hydrogens (tertiary/aromatic N) is 1. The zero-order chi connectivity index (χ0) is 13.2. The smallest absolute Gasteiger partial charge is 0.220 e. The van der Waals surface area contributed by atoms with Crippen LogP contribution in [0.3, 0.4) is 0 Å². The Morgan fingerprint density at radius 2 is 1.89 bits per heavy atom. The maximum absolute atomic E-state index is 11.8. The highest BCUT2D eigenvalue weighted by Gasteiger charge is 2.41. The van der Waals surface area contributed by atoms with Crippen molar-refractivity contribution in [2.75, 3.05) is 24.6 Å². The van der Waals surface area contributed by atoms with Gasteiger partial charge in [-0.2, -0.15) is 0 Å². The van der Waals surface area contributed by atoms with E-state index in [9.17, 15) is 13.2 Å².